The standard InChI is InChI=1S/C16H23F3N2/c1-12-3-4-14(13(2)9-12)10-20-15-5-7-21(8-6-15)11-16(17,18)19/h3-4,9,15,20H,5-8,10-11H2,1-2H3. The zero-order chi connectivity index (χ0) is 15.5. The number of aryl methyl sites for hydroxylation is 2. The third-order valence-electron chi connectivity index (χ3n) is 4.07. The third kappa shape index (κ3) is 5.32. The topological polar surface area (TPSA) is 15.3 Å². The normalized spacial score (nSPS) is 18.1. The molecule has 2 nitrogen and oxygen atoms in total. The van der Waals surface area contributed by atoms with Gasteiger partial charge in [-0.25, -0.2) is 0 Å². The Kier molecular flexibility index (Phi) is 5.27. The largest absolute Gasteiger partial charge is 0.401 e. The molecule has 118 valence electrons. The number of hydrogen-bond acceptors (Lipinski definition) is 2. The van der Waals surface area contributed by atoms with Crippen LogP contribution in [0, 0.1) is 13.8 Å². The molecule has 1 aliphatic heterocycles. The maximum atomic E-state index is 12.3. The van der Waals surface area contributed by atoms with Crippen molar-refractivity contribution in [3.8, 4) is 0 Å². The van der Waals surface area contributed by atoms with Gasteiger partial charge in [0.05, 0.1) is 6.54 Å². The average molecular weight is 300 g/mol. The van der Waals surface area contributed by atoms with Gasteiger partial charge >= 0.3 is 6.18 Å². The van der Waals surface area contributed by atoms with E-state index in [1.807, 2.05) is 0 Å². The number of benzene rings is 1. The lowest BCUT2D eigenvalue weighted by atomic mass is 10.0. The molecule has 2 rings (SSSR count). The van der Waals surface area contributed by atoms with E-state index in [1.165, 1.54) is 21.6 Å². The van der Waals surface area contributed by atoms with Gasteiger partial charge in [-0.05, 0) is 50.9 Å². The molecule has 1 saturated heterocycles. The predicted octanol–water partition coefficient (Wildman–Crippen LogP) is 3.42. The molecule has 0 atom stereocenters. The molecule has 1 N–H and O–H groups in total. The lowest BCUT2D eigenvalue weighted by Crippen LogP contribution is -2.45. The number of piperidine rings is 1. The first-order valence-corrected chi connectivity index (χ1v) is 7.42. The van der Waals surface area contributed by atoms with E-state index < -0.39 is 12.7 Å². The van der Waals surface area contributed by atoms with Gasteiger partial charge in [-0.2, -0.15) is 13.2 Å². The second-order valence-corrected chi connectivity index (χ2v) is 5.98. The third-order valence-corrected chi connectivity index (χ3v) is 4.07. The van der Waals surface area contributed by atoms with Crippen molar-refractivity contribution in [2.24, 2.45) is 0 Å². The molecule has 0 amide bonds. The van der Waals surface area contributed by atoms with Gasteiger partial charge in [-0.1, -0.05) is 23.8 Å². The van der Waals surface area contributed by atoms with Crippen molar-refractivity contribution in [2.75, 3.05) is 19.6 Å². The Morgan fingerprint density at radius 2 is 1.86 bits per heavy atom. The molecule has 5 heteroatoms. The van der Waals surface area contributed by atoms with Gasteiger partial charge < -0.3 is 5.32 Å². The molecule has 0 radical (unpaired) electrons. The van der Waals surface area contributed by atoms with Crippen molar-refractivity contribution in [1.29, 1.82) is 0 Å². The number of nitrogens with one attached hydrogen (secondary N) is 1. The van der Waals surface area contributed by atoms with Gasteiger partial charge in [0.2, 0.25) is 0 Å². The molecule has 1 aromatic carbocycles. The Labute approximate surface area is 124 Å². The Hall–Kier alpha value is -1.07. The van der Waals surface area contributed by atoms with Crippen molar-refractivity contribution >= 4 is 0 Å². The van der Waals surface area contributed by atoms with Crippen molar-refractivity contribution in [3.05, 3.63) is 34.9 Å². The average Bonchev–Trinajstić information content (AvgIpc) is 2.38. The van der Waals surface area contributed by atoms with E-state index in [0.717, 1.165) is 19.4 Å². The highest BCUT2D eigenvalue weighted by Gasteiger charge is 2.32. The Morgan fingerprint density at radius 3 is 2.43 bits per heavy atom. The zero-order valence-electron chi connectivity index (χ0n) is 12.6. The summed E-state index contributed by atoms with van der Waals surface area (Å²) in [5, 5.41) is 3.47. The van der Waals surface area contributed by atoms with Crippen molar-refractivity contribution in [1.82, 2.24) is 10.2 Å². The van der Waals surface area contributed by atoms with Crippen molar-refractivity contribution in [2.45, 2.75) is 45.5 Å². The molecule has 0 aromatic heterocycles. The van der Waals surface area contributed by atoms with E-state index in [0.29, 0.717) is 19.1 Å². The van der Waals surface area contributed by atoms with Crippen LogP contribution in [0.1, 0.15) is 29.5 Å². The SMILES string of the molecule is Cc1ccc(CNC2CCN(CC(F)(F)F)CC2)c(C)c1. The van der Waals surface area contributed by atoms with Gasteiger partial charge in [0.25, 0.3) is 0 Å². The lowest BCUT2D eigenvalue weighted by molar-refractivity contribution is -0.148. The van der Waals surface area contributed by atoms with Crippen LogP contribution in [0.25, 0.3) is 0 Å². The number of likely N-dealkylation sites (tertiary alicyclic amines) is 1. The van der Waals surface area contributed by atoms with Crippen molar-refractivity contribution < 1.29 is 13.2 Å². The highest BCUT2D eigenvalue weighted by molar-refractivity contribution is 5.30. The van der Waals surface area contributed by atoms with E-state index in [-0.39, 0.29) is 0 Å². The molecule has 0 bridgehead atoms. The van der Waals surface area contributed by atoms with Crippen LogP contribution in [0.2, 0.25) is 0 Å². The van der Waals surface area contributed by atoms with Gasteiger partial charge in [0.15, 0.2) is 0 Å². The molecule has 1 fully saturated rings. The Bertz CT molecular complexity index is 463. The molecular weight excluding hydrogens is 277 g/mol. The predicted molar refractivity (Wildman–Crippen MR) is 78.3 cm³/mol. The smallest absolute Gasteiger partial charge is 0.310 e. The Balaban J connectivity index is 1.76. The monoisotopic (exact) mass is 300 g/mol. The molecule has 0 unspecified atom stereocenters. The van der Waals surface area contributed by atoms with Gasteiger partial charge in [-0.15, -0.1) is 0 Å². The minimum Gasteiger partial charge on any atom is -0.310 e. The molecule has 1 aliphatic rings. The summed E-state index contributed by atoms with van der Waals surface area (Å²) in [6.45, 7) is 5.21. The van der Waals surface area contributed by atoms with Gasteiger partial charge in [-0.3, -0.25) is 4.90 Å². The second-order valence-electron chi connectivity index (χ2n) is 5.98. The van der Waals surface area contributed by atoms with Crippen LogP contribution >= 0.6 is 0 Å². The van der Waals surface area contributed by atoms with Crippen LogP contribution in [0.4, 0.5) is 13.2 Å². The van der Waals surface area contributed by atoms with E-state index in [2.05, 4.69) is 37.4 Å². The van der Waals surface area contributed by atoms with E-state index in [1.54, 1.807) is 0 Å². The van der Waals surface area contributed by atoms with Crippen LogP contribution in [0.5, 0.6) is 0 Å². The van der Waals surface area contributed by atoms with E-state index >= 15 is 0 Å². The summed E-state index contributed by atoms with van der Waals surface area (Å²) in [6.07, 6.45) is -2.53. The van der Waals surface area contributed by atoms with Crippen LogP contribution in [-0.4, -0.2) is 36.8 Å². The first-order valence-electron chi connectivity index (χ1n) is 7.42. The summed E-state index contributed by atoms with van der Waals surface area (Å²) >= 11 is 0. The van der Waals surface area contributed by atoms with Crippen LogP contribution in [0.3, 0.4) is 0 Å². The minimum absolute atomic E-state index is 0.315. The van der Waals surface area contributed by atoms with Gasteiger partial charge in [0.1, 0.15) is 0 Å². The molecule has 0 spiro atoms. The van der Waals surface area contributed by atoms with E-state index in [9.17, 15) is 13.2 Å². The fourth-order valence-electron chi connectivity index (χ4n) is 2.85. The second kappa shape index (κ2) is 6.79. The number of nitrogens with zero attached hydrogens (tertiary/aromatic N) is 1. The minimum atomic E-state index is -4.08. The molecule has 1 aromatic rings. The molecular formula is C16H23F3N2. The highest BCUT2D eigenvalue weighted by Crippen LogP contribution is 2.20. The van der Waals surface area contributed by atoms with Crippen LogP contribution < -0.4 is 5.32 Å². The summed E-state index contributed by atoms with van der Waals surface area (Å²) in [7, 11) is 0. The van der Waals surface area contributed by atoms with E-state index in [4.69, 9.17) is 0 Å². The molecule has 0 saturated carbocycles. The quantitative estimate of drug-likeness (QED) is 0.916. The first kappa shape index (κ1) is 16.3. The summed E-state index contributed by atoms with van der Waals surface area (Å²) in [6, 6.07) is 6.69. The molecule has 0 aliphatic carbocycles. The zero-order valence-corrected chi connectivity index (χ0v) is 12.6. The Morgan fingerprint density at radius 1 is 1.19 bits per heavy atom. The summed E-state index contributed by atoms with van der Waals surface area (Å²) in [5.41, 5.74) is 3.77. The number of hydrogen-bond donors (Lipinski definition) is 1. The highest BCUT2D eigenvalue weighted by atomic mass is 19.4. The number of halogens is 3. The maximum absolute atomic E-state index is 12.3. The lowest BCUT2D eigenvalue weighted by Gasteiger charge is -2.33. The van der Waals surface area contributed by atoms with Crippen molar-refractivity contribution in [3.63, 3.8) is 0 Å². The molecule has 21 heavy (non-hydrogen) atoms. The summed E-state index contributed by atoms with van der Waals surface area (Å²) in [5.74, 6) is 0. The fourth-order valence-corrected chi connectivity index (χ4v) is 2.85. The van der Waals surface area contributed by atoms with Crippen LogP contribution in [-0.2, 0) is 6.54 Å². The number of alkyl halides is 3. The van der Waals surface area contributed by atoms with Gasteiger partial charge in [0, 0.05) is 12.6 Å². The van der Waals surface area contributed by atoms with Crippen LogP contribution in [0.15, 0.2) is 18.2 Å². The fraction of sp³-hybridized carbons (Fsp3) is 0.625. The summed E-state index contributed by atoms with van der Waals surface area (Å²) < 4.78 is 37.0. The first-order chi connectivity index (χ1) is 9.83. The summed E-state index contributed by atoms with van der Waals surface area (Å²) in [4.78, 5) is 1.50. The number of rotatable bonds is 4. The molecule has 1 heterocycles. The maximum Gasteiger partial charge on any atom is 0.401 e.